The van der Waals surface area contributed by atoms with E-state index in [0.29, 0.717) is 21.5 Å². The average molecular weight is 359 g/mol. The van der Waals surface area contributed by atoms with Crippen LogP contribution >= 0.6 is 23.2 Å². The largest absolute Gasteiger partial charge is 0.377 e. The Morgan fingerprint density at radius 2 is 2.00 bits per heavy atom. The highest BCUT2D eigenvalue weighted by Crippen LogP contribution is 2.51. The highest BCUT2D eigenvalue weighted by molar-refractivity contribution is 6.35. The van der Waals surface area contributed by atoms with E-state index >= 15 is 0 Å². The number of amides is 1. The monoisotopic (exact) mass is 358 g/mol. The number of hydrogen-bond acceptors (Lipinski definition) is 2. The highest BCUT2D eigenvalue weighted by Gasteiger charge is 2.39. The summed E-state index contributed by atoms with van der Waals surface area (Å²) >= 11 is 12.5. The standard InChI is InChI=1S/C19H16Cl2N2O/c20-10-7-8-14(16(21)9-10)17-12-4-1-3-11(12)13-5-2-6-15(19(22)24)18(13)23-17/h1-3,5-9,11-12,17,23H,4H2,(H2,22,24). The van der Waals surface area contributed by atoms with Crippen molar-refractivity contribution in [2.24, 2.45) is 11.7 Å². The third-order valence-corrected chi connectivity index (χ3v) is 5.52. The van der Waals surface area contributed by atoms with E-state index < -0.39 is 5.91 Å². The maximum absolute atomic E-state index is 11.8. The molecule has 3 nitrogen and oxygen atoms in total. The van der Waals surface area contributed by atoms with E-state index in [9.17, 15) is 4.79 Å². The first-order valence-corrected chi connectivity index (χ1v) is 8.62. The van der Waals surface area contributed by atoms with Gasteiger partial charge in [-0.15, -0.1) is 0 Å². The number of nitrogens with one attached hydrogen (secondary N) is 1. The minimum Gasteiger partial charge on any atom is -0.377 e. The zero-order chi connectivity index (χ0) is 16.8. The molecule has 5 heteroatoms. The number of benzene rings is 2. The van der Waals surface area contributed by atoms with Gasteiger partial charge in [0.25, 0.3) is 5.91 Å². The number of nitrogens with two attached hydrogens (primary N) is 1. The highest BCUT2D eigenvalue weighted by atomic mass is 35.5. The van der Waals surface area contributed by atoms with Gasteiger partial charge in [-0.1, -0.05) is 53.6 Å². The van der Waals surface area contributed by atoms with Crippen LogP contribution < -0.4 is 11.1 Å². The minimum absolute atomic E-state index is 0.00256. The predicted octanol–water partition coefficient (Wildman–Crippen LogP) is 4.92. The molecule has 1 heterocycles. The lowest BCUT2D eigenvalue weighted by molar-refractivity contribution is 0.100. The van der Waals surface area contributed by atoms with E-state index in [1.165, 1.54) is 0 Å². The van der Waals surface area contributed by atoms with Gasteiger partial charge in [-0.2, -0.15) is 0 Å². The lowest BCUT2D eigenvalue weighted by Gasteiger charge is -2.38. The molecule has 3 unspecified atom stereocenters. The van der Waals surface area contributed by atoms with Crippen molar-refractivity contribution in [3.63, 3.8) is 0 Å². The first-order valence-electron chi connectivity index (χ1n) is 7.87. The zero-order valence-corrected chi connectivity index (χ0v) is 14.3. The van der Waals surface area contributed by atoms with Gasteiger partial charge in [-0.25, -0.2) is 0 Å². The number of allylic oxidation sites excluding steroid dienone is 2. The molecule has 0 aromatic heterocycles. The Morgan fingerprint density at radius 3 is 2.75 bits per heavy atom. The van der Waals surface area contributed by atoms with Crippen LogP contribution in [0.4, 0.5) is 5.69 Å². The van der Waals surface area contributed by atoms with Gasteiger partial charge in [0, 0.05) is 16.0 Å². The van der Waals surface area contributed by atoms with E-state index in [0.717, 1.165) is 23.2 Å². The van der Waals surface area contributed by atoms with Crippen LogP contribution in [-0.4, -0.2) is 5.91 Å². The van der Waals surface area contributed by atoms with E-state index in [1.54, 1.807) is 12.1 Å². The van der Waals surface area contributed by atoms with Crippen molar-refractivity contribution < 1.29 is 4.79 Å². The summed E-state index contributed by atoms with van der Waals surface area (Å²) in [5.74, 6) is 0.164. The molecule has 1 aliphatic heterocycles. The molecule has 0 saturated heterocycles. The second-order valence-corrected chi connectivity index (χ2v) is 7.12. The molecule has 2 aliphatic rings. The van der Waals surface area contributed by atoms with Crippen molar-refractivity contribution in [3.05, 3.63) is 75.3 Å². The summed E-state index contributed by atoms with van der Waals surface area (Å²) in [6.45, 7) is 0. The molecule has 0 spiro atoms. The topological polar surface area (TPSA) is 55.1 Å². The molecule has 0 saturated carbocycles. The second kappa shape index (κ2) is 5.83. The number of primary amides is 1. The van der Waals surface area contributed by atoms with E-state index in [4.69, 9.17) is 28.9 Å². The van der Waals surface area contributed by atoms with Crippen LogP contribution in [-0.2, 0) is 0 Å². The van der Waals surface area contributed by atoms with Gasteiger partial charge in [0.15, 0.2) is 0 Å². The Bertz CT molecular complexity index is 862. The Kier molecular flexibility index (Phi) is 3.78. The van der Waals surface area contributed by atoms with Gasteiger partial charge in [-0.05, 0) is 41.7 Å². The fourth-order valence-electron chi connectivity index (χ4n) is 3.89. The van der Waals surface area contributed by atoms with Gasteiger partial charge in [0.2, 0.25) is 0 Å². The normalized spacial score (nSPS) is 24.2. The molecule has 2 aromatic rings. The summed E-state index contributed by atoms with van der Waals surface area (Å²) < 4.78 is 0. The first-order chi connectivity index (χ1) is 11.6. The van der Waals surface area contributed by atoms with Crippen LogP contribution in [0.3, 0.4) is 0 Å². The van der Waals surface area contributed by atoms with Gasteiger partial charge in [-0.3, -0.25) is 4.79 Å². The van der Waals surface area contributed by atoms with Gasteiger partial charge in [0.05, 0.1) is 17.3 Å². The van der Waals surface area contributed by atoms with Crippen LogP contribution in [0.2, 0.25) is 10.0 Å². The molecule has 3 atom stereocenters. The lowest BCUT2D eigenvalue weighted by Crippen LogP contribution is -2.31. The number of carbonyl (C=O) groups excluding carboxylic acids is 1. The van der Waals surface area contributed by atoms with E-state index in [1.807, 2.05) is 18.2 Å². The maximum Gasteiger partial charge on any atom is 0.250 e. The molecule has 0 radical (unpaired) electrons. The fourth-order valence-corrected chi connectivity index (χ4v) is 4.41. The predicted molar refractivity (Wildman–Crippen MR) is 97.8 cm³/mol. The lowest BCUT2D eigenvalue weighted by atomic mass is 9.76. The SMILES string of the molecule is NC(=O)c1cccc2c1NC(c1ccc(Cl)cc1Cl)C1CC=CC21. The van der Waals surface area contributed by atoms with Crippen molar-refractivity contribution in [1.82, 2.24) is 0 Å². The summed E-state index contributed by atoms with van der Waals surface area (Å²) in [4.78, 5) is 11.8. The van der Waals surface area contributed by atoms with Crippen LogP contribution in [0.1, 0.15) is 39.9 Å². The minimum atomic E-state index is -0.430. The van der Waals surface area contributed by atoms with Crippen molar-refractivity contribution in [2.45, 2.75) is 18.4 Å². The Balaban J connectivity index is 1.86. The summed E-state index contributed by atoms with van der Waals surface area (Å²) in [6.07, 6.45) is 5.37. The summed E-state index contributed by atoms with van der Waals surface area (Å²) in [6, 6.07) is 11.3. The fraction of sp³-hybridized carbons (Fsp3) is 0.211. The van der Waals surface area contributed by atoms with Crippen LogP contribution in [0.5, 0.6) is 0 Å². The molecular weight excluding hydrogens is 343 g/mol. The van der Waals surface area contributed by atoms with Crippen LogP contribution in [0, 0.1) is 5.92 Å². The molecule has 122 valence electrons. The van der Waals surface area contributed by atoms with Gasteiger partial charge in [0.1, 0.15) is 0 Å². The molecule has 1 amide bonds. The Morgan fingerprint density at radius 1 is 1.17 bits per heavy atom. The second-order valence-electron chi connectivity index (χ2n) is 6.28. The Labute approximate surface area is 150 Å². The van der Waals surface area contributed by atoms with Crippen LogP contribution in [0.15, 0.2) is 48.6 Å². The number of rotatable bonds is 2. The van der Waals surface area contributed by atoms with Crippen molar-refractivity contribution in [3.8, 4) is 0 Å². The molecular formula is C19H16Cl2N2O. The molecule has 0 fully saturated rings. The maximum atomic E-state index is 11.8. The summed E-state index contributed by atoms with van der Waals surface area (Å²) in [5, 5.41) is 4.77. The van der Waals surface area contributed by atoms with Crippen LogP contribution in [0.25, 0.3) is 0 Å². The van der Waals surface area contributed by atoms with E-state index in [-0.39, 0.29) is 12.0 Å². The number of hydrogen-bond donors (Lipinski definition) is 2. The Hall–Kier alpha value is -1.97. The first kappa shape index (κ1) is 15.6. The number of anilines is 1. The molecule has 4 rings (SSSR count). The number of para-hydroxylation sites is 1. The van der Waals surface area contributed by atoms with Crippen molar-refractivity contribution >= 4 is 34.8 Å². The van der Waals surface area contributed by atoms with Crippen molar-refractivity contribution in [1.29, 1.82) is 0 Å². The summed E-state index contributed by atoms with van der Waals surface area (Å²) in [7, 11) is 0. The van der Waals surface area contributed by atoms with Crippen molar-refractivity contribution in [2.75, 3.05) is 5.32 Å². The zero-order valence-electron chi connectivity index (χ0n) is 12.8. The van der Waals surface area contributed by atoms with Gasteiger partial charge >= 0.3 is 0 Å². The molecule has 1 aliphatic carbocycles. The molecule has 2 aromatic carbocycles. The van der Waals surface area contributed by atoms with E-state index in [2.05, 4.69) is 23.5 Å². The van der Waals surface area contributed by atoms with Gasteiger partial charge < -0.3 is 11.1 Å². The number of carbonyl (C=O) groups is 1. The molecule has 0 bridgehead atoms. The average Bonchev–Trinajstić information content (AvgIpc) is 3.03. The molecule has 3 N–H and O–H groups in total. The third-order valence-electron chi connectivity index (χ3n) is 4.96. The quantitative estimate of drug-likeness (QED) is 0.748. The smallest absolute Gasteiger partial charge is 0.250 e. The number of halogens is 2. The third kappa shape index (κ3) is 2.40. The number of fused-ring (bicyclic) bond motifs is 3. The summed E-state index contributed by atoms with van der Waals surface area (Å²) in [5.41, 5.74) is 9.00. The molecule has 24 heavy (non-hydrogen) atoms.